The molecule has 5 nitrogen and oxygen atoms in total. The Hall–Kier alpha value is -1.36. The molecule has 1 aromatic rings. The molecule has 1 aliphatic rings. The van der Waals surface area contributed by atoms with Gasteiger partial charge in [0.15, 0.2) is 0 Å². The molecular formula is C11H18N4O. The number of nitrogens with two attached hydrogens (primary N) is 1. The van der Waals surface area contributed by atoms with Gasteiger partial charge in [0, 0.05) is 24.6 Å². The Morgan fingerprint density at radius 3 is 3.06 bits per heavy atom. The molecular weight excluding hydrogens is 204 g/mol. The van der Waals surface area contributed by atoms with Crippen molar-refractivity contribution in [1.29, 1.82) is 0 Å². The Bertz CT molecular complexity index is 409. The van der Waals surface area contributed by atoms with Crippen LogP contribution in [-0.2, 0) is 0 Å². The molecule has 88 valence electrons. The second kappa shape index (κ2) is 4.65. The first-order valence-electron chi connectivity index (χ1n) is 5.76. The quantitative estimate of drug-likeness (QED) is 0.688. The summed E-state index contributed by atoms with van der Waals surface area (Å²) in [5.41, 5.74) is 5.56. The number of anilines is 1. The summed E-state index contributed by atoms with van der Waals surface area (Å²) in [5.74, 6) is 1.94. The van der Waals surface area contributed by atoms with E-state index >= 15 is 0 Å². The maximum absolute atomic E-state index is 11.4. The van der Waals surface area contributed by atoms with Crippen molar-refractivity contribution < 1.29 is 0 Å². The van der Waals surface area contributed by atoms with E-state index in [1.807, 2.05) is 6.92 Å². The van der Waals surface area contributed by atoms with Crippen molar-refractivity contribution >= 4 is 5.82 Å². The van der Waals surface area contributed by atoms with Gasteiger partial charge in [0.2, 0.25) is 0 Å². The minimum atomic E-state index is -0.0832. The number of hydrogen-bond acceptors (Lipinski definition) is 4. The highest BCUT2D eigenvalue weighted by Gasteiger charge is 2.26. The molecule has 1 heterocycles. The van der Waals surface area contributed by atoms with Gasteiger partial charge < -0.3 is 16.0 Å². The monoisotopic (exact) mass is 222 g/mol. The van der Waals surface area contributed by atoms with Gasteiger partial charge in [-0.25, -0.2) is 4.98 Å². The summed E-state index contributed by atoms with van der Waals surface area (Å²) < 4.78 is 0. The van der Waals surface area contributed by atoms with Crippen LogP contribution < -0.4 is 16.6 Å². The molecule has 5 heteroatoms. The largest absolute Gasteiger partial charge is 0.370 e. The fourth-order valence-electron chi connectivity index (χ4n) is 1.55. The van der Waals surface area contributed by atoms with E-state index < -0.39 is 0 Å². The minimum Gasteiger partial charge on any atom is -0.370 e. The number of rotatable bonds is 5. The Kier molecular flexibility index (Phi) is 3.24. The van der Waals surface area contributed by atoms with Gasteiger partial charge in [-0.15, -0.1) is 0 Å². The second-order valence-corrected chi connectivity index (χ2v) is 4.48. The molecule has 16 heavy (non-hydrogen) atoms. The zero-order valence-corrected chi connectivity index (χ0v) is 9.49. The van der Waals surface area contributed by atoms with Crippen LogP contribution in [0.25, 0.3) is 0 Å². The van der Waals surface area contributed by atoms with Gasteiger partial charge in [-0.05, 0) is 26.2 Å². The fraction of sp³-hybridized carbons (Fsp3) is 0.636. The third kappa shape index (κ3) is 3.06. The maximum atomic E-state index is 11.4. The summed E-state index contributed by atoms with van der Waals surface area (Å²) in [6.45, 7) is 2.71. The molecule has 0 bridgehead atoms. The van der Waals surface area contributed by atoms with E-state index in [0.29, 0.717) is 11.7 Å². The number of aromatic amines is 1. The highest BCUT2D eigenvalue weighted by molar-refractivity contribution is 5.33. The first kappa shape index (κ1) is 11.1. The third-order valence-electron chi connectivity index (χ3n) is 2.63. The van der Waals surface area contributed by atoms with Crippen LogP contribution in [0.2, 0.25) is 0 Å². The highest BCUT2D eigenvalue weighted by atomic mass is 16.1. The predicted octanol–water partition coefficient (Wildman–Crippen LogP) is 0.796. The lowest BCUT2D eigenvalue weighted by molar-refractivity contribution is 0.688. The lowest BCUT2D eigenvalue weighted by atomic mass is 10.2. The van der Waals surface area contributed by atoms with Crippen molar-refractivity contribution in [3.8, 4) is 0 Å². The van der Waals surface area contributed by atoms with Crippen LogP contribution in [0.3, 0.4) is 0 Å². The Balaban J connectivity index is 2.00. The average molecular weight is 222 g/mol. The highest BCUT2D eigenvalue weighted by Crippen LogP contribution is 2.37. The van der Waals surface area contributed by atoms with E-state index in [0.717, 1.165) is 31.6 Å². The lowest BCUT2D eigenvalue weighted by Gasteiger charge is -2.08. The summed E-state index contributed by atoms with van der Waals surface area (Å²) in [5, 5.41) is 3.13. The van der Waals surface area contributed by atoms with Gasteiger partial charge >= 0.3 is 0 Å². The summed E-state index contributed by atoms with van der Waals surface area (Å²) >= 11 is 0. The molecule has 1 aliphatic carbocycles. The molecule has 0 saturated heterocycles. The molecule has 0 aromatic carbocycles. The van der Waals surface area contributed by atoms with E-state index in [9.17, 15) is 4.79 Å². The van der Waals surface area contributed by atoms with Crippen molar-refractivity contribution in [2.24, 2.45) is 5.73 Å². The van der Waals surface area contributed by atoms with Gasteiger partial charge in [-0.3, -0.25) is 4.79 Å². The third-order valence-corrected chi connectivity index (χ3v) is 2.63. The first-order chi connectivity index (χ1) is 7.65. The van der Waals surface area contributed by atoms with E-state index in [-0.39, 0.29) is 11.6 Å². The number of nitrogens with zero attached hydrogens (tertiary/aromatic N) is 1. The summed E-state index contributed by atoms with van der Waals surface area (Å²) in [6.07, 6.45) is 3.13. The van der Waals surface area contributed by atoms with Crippen LogP contribution in [-0.4, -0.2) is 22.6 Å². The lowest BCUT2D eigenvalue weighted by Crippen LogP contribution is -2.20. The second-order valence-electron chi connectivity index (χ2n) is 4.48. The molecule has 1 aromatic heterocycles. The molecule has 0 amide bonds. The SMILES string of the molecule is CC(N)CCNc1cc(=O)[nH]c(C2CC2)n1. The summed E-state index contributed by atoms with van der Waals surface area (Å²) in [7, 11) is 0. The van der Waals surface area contributed by atoms with Crippen LogP contribution in [0.4, 0.5) is 5.82 Å². The summed E-state index contributed by atoms with van der Waals surface area (Å²) in [4.78, 5) is 18.5. The van der Waals surface area contributed by atoms with Crippen LogP contribution in [0.15, 0.2) is 10.9 Å². The molecule has 0 aliphatic heterocycles. The number of H-pyrrole nitrogens is 1. The topological polar surface area (TPSA) is 83.8 Å². The Morgan fingerprint density at radius 2 is 2.44 bits per heavy atom. The van der Waals surface area contributed by atoms with Crippen LogP contribution >= 0.6 is 0 Å². The van der Waals surface area contributed by atoms with Gasteiger partial charge in [0.1, 0.15) is 11.6 Å². The predicted molar refractivity (Wildman–Crippen MR) is 63.6 cm³/mol. The molecule has 2 rings (SSSR count). The van der Waals surface area contributed by atoms with E-state index in [1.165, 1.54) is 6.07 Å². The molecule has 0 spiro atoms. The van der Waals surface area contributed by atoms with Crippen LogP contribution in [0.1, 0.15) is 37.9 Å². The van der Waals surface area contributed by atoms with Gasteiger partial charge in [0.05, 0.1) is 0 Å². The maximum Gasteiger partial charge on any atom is 0.252 e. The van der Waals surface area contributed by atoms with Gasteiger partial charge in [-0.1, -0.05) is 0 Å². The van der Waals surface area contributed by atoms with E-state index in [4.69, 9.17) is 5.73 Å². The number of aromatic nitrogens is 2. The molecule has 1 unspecified atom stereocenters. The normalized spacial score (nSPS) is 17.1. The Morgan fingerprint density at radius 1 is 1.69 bits per heavy atom. The van der Waals surface area contributed by atoms with Gasteiger partial charge in [-0.2, -0.15) is 0 Å². The molecule has 4 N–H and O–H groups in total. The standard InChI is InChI=1S/C11H18N4O/c1-7(12)4-5-13-9-6-10(16)15-11(14-9)8-2-3-8/h6-8H,2-5,12H2,1H3,(H2,13,14,15,16). The first-order valence-corrected chi connectivity index (χ1v) is 5.76. The Labute approximate surface area is 94.5 Å². The van der Waals surface area contributed by atoms with Crippen molar-refractivity contribution in [1.82, 2.24) is 9.97 Å². The molecule has 0 radical (unpaired) electrons. The minimum absolute atomic E-state index is 0.0832. The molecule has 1 fully saturated rings. The zero-order chi connectivity index (χ0) is 11.5. The fourth-order valence-corrected chi connectivity index (χ4v) is 1.55. The van der Waals surface area contributed by atoms with Crippen LogP contribution in [0.5, 0.6) is 0 Å². The number of hydrogen-bond donors (Lipinski definition) is 3. The zero-order valence-electron chi connectivity index (χ0n) is 9.49. The van der Waals surface area contributed by atoms with Crippen molar-refractivity contribution in [2.45, 2.75) is 38.1 Å². The van der Waals surface area contributed by atoms with Gasteiger partial charge in [0.25, 0.3) is 5.56 Å². The smallest absolute Gasteiger partial charge is 0.252 e. The molecule has 1 atom stereocenters. The number of nitrogens with one attached hydrogen (secondary N) is 2. The van der Waals surface area contributed by atoms with Crippen molar-refractivity contribution in [2.75, 3.05) is 11.9 Å². The van der Waals surface area contributed by atoms with E-state index in [1.54, 1.807) is 0 Å². The molecule has 1 saturated carbocycles. The van der Waals surface area contributed by atoms with Crippen LogP contribution in [0, 0.1) is 0 Å². The van der Waals surface area contributed by atoms with Crippen molar-refractivity contribution in [3.05, 3.63) is 22.2 Å². The van der Waals surface area contributed by atoms with Crippen molar-refractivity contribution in [3.63, 3.8) is 0 Å². The average Bonchev–Trinajstić information content (AvgIpc) is 2.99. The van der Waals surface area contributed by atoms with E-state index in [2.05, 4.69) is 15.3 Å². The summed E-state index contributed by atoms with van der Waals surface area (Å²) in [6, 6.07) is 1.66.